The maximum Gasteiger partial charge on any atom is 0.229 e. The monoisotopic (exact) mass is 647 g/mol. The van der Waals surface area contributed by atoms with Crippen molar-refractivity contribution in [3.63, 3.8) is 0 Å². The number of oxazole rings is 1. The number of nitrogens with one attached hydrogen (secondary N) is 1. The molecule has 1 unspecified atom stereocenters. The molecule has 2 aromatic heterocycles. The lowest BCUT2D eigenvalue weighted by Crippen LogP contribution is -2.39. The molecule has 1 fully saturated rings. The van der Waals surface area contributed by atoms with E-state index in [4.69, 9.17) is 18.1 Å². The zero-order valence-corrected chi connectivity index (χ0v) is 28.8. The maximum atomic E-state index is 12.9. The average Bonchev–Trinajstić information content (AvgIpc) is 3.69. The molecule has 12 heteroatoms. The summed E-state index contributed by atoms with van der Waals surface area (Å²) in [6.07, 6.45) is 10.8. The van der Waals surface area contributed by atoms with E-state index in [-0.39, 0.29) is 23.3 Å². The van der Waals surface area contributed by atoms with E-state index < -0.39 is 0 Å². The Bertz CT molecular complexity index is 1420. The summed E-state index contributed by atoms with van der Waals surface area (Å²) in [6, 6.07) is 8.58. The van der Waals surface area contributed by atoms with E-state index in [0.29, 0.717) is 23.3 Å². The van der Waals surface area contributed by atoms with Crippen LogP contribution in [0.1, 0.15) is 82.2 Å². The molecule has 3 N–H and O–H groups in total. The Morgan fingerprint density at radius 3 is 2.62 bits per heavy atom. The minimum absolute atomic E-state index is 0.0152. The van der Waals surface area contributed by atoms with Gasteiger partial charge in [-0.05, 0) is 50.5 Å². The summed E-state index contributed by atoms with van der Waals surface area (Å²) in [5.41, 5.74) is 8.98. The molecule has 1 aliphatic heterocycles. The van der Waals surface area contributed by atoms with Gasteiger partial charge in [0.05, 0.1) is 28.9 Å². The van der Waals surface area contributed by atoms with E-state index >= 15 is 0 Å². The topological polar surface area (TPSA) is 113 Å². The fraction of sp³-hybridized carbons (Fsp3) is 0.515. The Labute approximate surface area is 277 Å². The van der Waals surface area contributed by atoms with Crippen molar-refractivity contribution in [3.05, 3.63) is 65.6 Å². The summed E-state index contributed by atoms with van der Waals surface area (Å²) in [4.78, 5) is 30.5. The Hall–Kier alpha value is -2.93. The normalized spacial score (nSPS) is 16.1. The number of hydrogen-bond donors (Lipinski definition) is 2. The number of thioether (sulfide) groups is 1. The SMILES string of the molecule is [B]N(C)C(CCC)c1ccc(/C(C=NCCN2CCC(C(=O)Nc3ncc(SCc4ncc(C(C)(C)C)o4)s3)CC2)=C/N)cc1. The van der Waals surface area contributed by atoms with Crippen LogP contribution in [0.25, 0.3) is 5.57 Å². The lowest BCUT2D eigenvalue weighted by atomic mass is 9.94. The molecule has 0 bridgehead atoms. The van der Waals surface area contributed by atoms with Gasteiger partial charge in [0, 0.05) is 41.9 Å². The number of likely N-dealkylation sites (tertiary alicyclic amines) is 1. The van der Waals surface area contributed by atoms with Gasteiger partial charge >= 0.3 is 0 Å². The van der Waals surface area contributed by atoms with E-state index in [9.17, 15) is 4.79 Å². The van der Waals surface area contributed by atoms with Gasteiger partial charge in [-0.1, -0.05) is 69.7 Å². The van der Waals surface area contributed by atoms with Gasteiger partial charge < -0.3 is 25.2 Å². The first kappa shape index (κ1) is 34.9. The average molecular weight is 648 g/mol. The number of allylic oxidation sites excluding steroid dienone is 1. The van der Waals surface area contributed by atoms with Gasteiger partial charge in [0.1, 0.15) is 5.76 Å². The van der Waals surface area contributed by atoms with Crippen molar-refractivity contribution in [1.29, 1.82) is 0 Å². The lowest BCUT2D eigenvalue weighted by molar-refractivity contribution is -0.121. The van der Waals surface area contributed by atoms with Crippen LogP contribution in [0.4, 0.5) is 5.13 Å². The first-order chi connectivity index (χ1) is 21.6. The molecule has 4 rings (SSSR count). The van der Waals surface area contributed by atoms with E-state index in [1.54, 1.807) is 35.2 Å². The summed E-state index contributed by atoms with van der Waals surface area (Å²) in [6.45, 7) is 11.7. The molecular formula is C33H46BN7O2S2. The second-order valence-corrected chi connectivity index (χ2v) is 14.8. The third kappa shape index (κ3) is 10.3. The molecule has 1 aromatic carbocycles. The van der Waals surface area contributed by atoms with E-state index in [1.165, 1.54) is 16.9 Å². The fourth-order valence-corrected chi connectivity index (χ4v) is 6.95. The highest BCUT2D eigenvalue weighted by Crippen LogP contribution is 2.32. The number of carbonyl (C=O) groups excluding carboxylic acids is 1. The summed E-state index contributed by atoms with van der Waals surface area (Å²) >= 11 is 3.09. The molecule has 0 aliphatic carbocycles. The van der Waals surface area contributed by atoms with Gasteiger partial charge in [-0.3, -0.25) is 9.79 Å². The number of nitrogens with zero attached hydrogens (tertiary/aromatic N) is 5. The van der Waals surface area contributed by atoms with Gasteiger partial charge in [0.15, 0.2) is 13.1 Å². The number of amides is 1. The van der Waals surface area contributed by atoms with Crippen LogP contribution in [-0.4, -0.2) is 73.0 Å². The fourth-order valence-electron chi connectivity index (χ4n) is 5.22. The quantitative estimate of drug-likeness (QED) is 0.119. The van der Waals surface area contributed by atoms with Crippen LogP contribution in [0.5, 0.6) is 0 Å². The van der Waals surface area contributed by atoms with Crippen molar-refractivity contribution in [2.45, 2.75) is 74.8 Å². The lowest BCUT2D eigenvalue weighted by Gasteiger charge is -2.30. The number of rotatable bonds is 14. The van der Waals surface area contributed by atoms with E-state index in [0.717, 1.165) is 66.4 Å². The minimum atomic E-state index is -0.0661. The van der Waals surface area contributed by atoms with Crippen molar-refractivity contribution in [1.82, 2.24) is 19.7 Å². The Morgan fingerprint density at radius 1 is 1.27 bits per heavy atom. The number of hydrogen-bond acceptors (Lipinski definition) is 10. The Kier molecular flexibility index (Phi) is 12.9. The van der Waals surface area contributed by atoms with Gasteiger partial charge in [-0.15, -0.1) is 11.8 Å². The van der Waals surface area contributed by atoms with Crippen molar-refractivity contribution >= 4 is 53.9 Å². The zero-order valence-electron chi connectivity index (χ0n) is 27.2. The zero-order chi connectivity index (χ0) is 32.4. The number of thiazole rings is 1. The molecule has 1 amide bonds. The summed E-state index contributed by atoms with van der Waals surface area (Å²) < 4.78 is 6.89. The molecule has 45 heavy (non-hydrogen) atoms. The largest absolute Gasteiger partial charge is 0.444 e. The molecule has 240 valence electrons. The summed E-state index contributed by atoms with van der Waals surface area (Å²) in [5, 5.41) is 3.66. The van der Waals surface area contributed by atoms with Gasteiger partial charge in [0.2, 0.25) is 11.8 Å². The van der Waals surface area contributed by atoms with Crippen LogP contribution in [0.3, 0.4) is 0 Å². The number of aromatic nitrogens is 2. The van der Waals surface area contributed by atoms with Gasteiger partial charge in [0.25, 0.3) is 0 Å². The molecule has 1 aliphatic rings. The highest BCUT2D eigenvalue weighted by atomic mass is 32.2. The first-order valence-electron chi connectivity index (χ1n) is 15.6. The number of anilines is 1. The van der Waals surface area contributed by atoms with Crippen LogP contribution in [0.2, 0.25) is 0 Å². The Morgan fingerprint density at radius 2 is 2.00 bits per heavy atom. The van der Waals surface area contributed by atoms with Crippen LogP contribution in [0, 0.1) is 5.92 Å². The smallest absolute Gasteiger partial charge is 0.229 e. The predicted molar refractivity (Wildman–Crippen MR) is 188 cm³/mol. The van der Waals surface area contributed by atoms with Crippen molar-refractivity contribution in [2.75, 3.05) is 38.5 Å². The Balaban J connectivity index is 1.16. The summed E-state index contributed by atoms with van der Waals surface area (Å²) in [7, 11) is 7.97. The van der Waals surface area contributed by atoms with Crippen LogP contribution < -0.4 is 11.1 Å². The number of carbonyl (C=O) groups is 1. The third-order valence-corrected chi connectivity index (χ3v) is 10.0. The van der Waals surface area contributed by atoms with Crippen molar-refractivity contribution in [3.8, 4) is 0 Å². The summed E-state index contributed by atoms with van der Waals surface area (Å²) in [5.74, 6) is 2.22. The number of benzene rings is 1. The molecule has 0 spiro atoms. The maximum absolute atomic E-state index is 12.9. The highest BCUT2D eigenvalue weighted by Gasteiger charge is 2.25. The van der Waals surface area contributed by atoms with Crippen molar-refractivity contribution in [2.24, 2.45) is 16.6 Å². The highest BCUT2D eigenvalue weighted by molar-refractivity contribution is 8.00. The van der Waals surface area contributed by atoms with Crippen LogP contribution in [0.15, 0.2) is 56.5 Å². The minimum Gasteiger partial charge on any atom is -0.444 e. The predicted octanol–water partition coefficient (Wildman–Crippen LogP) is 6.30. The molecule has 2 radical (unpaired) electrons. The van der Waals surface area contributed by atoms with E-state index in [1.807, 2.05) is 13.3 Å². The molecule has 3 heterocycles. The van der Waals surface area contributed by atoms with Crippen LogP contribution >= 0.6 is 23.1 Å². The number of aliphatic imine (C=N–C) groups is 1. The molecule has 1 atom stereocenters. The molecule has 3 aromatic rings. The first-order valence-corrected chi connectivity index (χ1v) is 17.4. The standard InChI is InChI=1S/C33H46BN7O2S2/c1-6-7-27(40(5)34)24-10-8-23(9-11-24)26(18-35)19-36-14-17-41-15-12-25(13-16-41)31(42)39-32-38-21-30(45-32)44-22-29-37-20-28(43-29)33(2,3)4/h8-11,18-21,25,27H,6-7,12-17,22,35H2,1-5H3,(H,38,39,42)/b26-18+,36-19?. The second kappa shape index (κ2) is 16.6. The second-order valence-electron chi connectivity index (χ2n) is 12.5. The number of piperidine rings is 1. The molecular weight excluding hydrogens is 601 g/mol. The van der Waals surface area contributed by atoms with Crippen molar-refractivity contribution < 1.29 is 9.21 Å². The van der Waals surface area contributed by atoms with Gasteiger partial charge in [-0.2, -0.15) is 0 Å². The van der Waals surface area contributed by atoms with Gasteiger partial charge in [-0.25, -0.2) is 9.97 Å². The molecule has 9 nitrogen and oxygen atoms in total. The van der Waals surface area contributed by atoms with Crippen LogP contribution in [-0.2, 0) is 16.0 Å². The van der Waals surface area contributed by atoms with E-state index in [2.05, 4.69) is 77.1 Å². The molecule has 1 saturated heterocycles. The third-order valence-electron chi connectivity index (χ3n) is 7.94. The number of nitrogens with two attached hydrogens (primary N) is 1. The molecule has 0 saturated carbocycles.